The fourth-order valence-corrected chi connectivity index (χ4v) is 2.67. The number of hydrogen-bond donors (Lipinski definition) is 3. The molecule has 0 fully saturated rings. The number of rotatable bonds is 7. The molecule has 2 amide bonds. The molecule has 0 saturated carbocycles. The number of thiophene rings is 1. The van der Waals surface area contributed by atoms with Gasteiger partial charge in [-0.25, -0.2) is 4.79 Å². The number of nitrogens with one attached hydrogen (secondary N) is 1. The molecule has 1 aromatic heterocycles. The lowest BCUT2D eigenvalue weighted by molar-refractivity contribution is -0.141. The molecule has 1 rings (SSSR count). The summed E-state index contributed by atoms with van der Waals surface area (Å²) in [5.41, 5.74) is 4.95. The molecule has 0 aromatic carbocycles. The average Bonchev–Trinajstić information content (AvgIpc) is 2.77. The van der Waals surface area contributed by atoms with E-state index in [-0.39, 0.29) is 12.8 Å². The minimum absolute atomic E-state index is 0.0329. The van der Waals surface area contributed by atoms with Crippen molar-refractivity contribution in [1.82, 2.24) is 5.32 Å². The quantitative estimate of drug-likeness (QED) is 0.637. The standard InChI is InChI=1S/C12H13BrN2O4S/c13-9-4-1-7(20-9)2-6-11(17)15-8(12(18)19)3-5-10(14)16/h1-2,4,6,8H,3,5H2,(H2,14,16)(H,15,17)(H,18,19)/b6-2+. The van der Waals surface area contributed by atoms with E-state index in [9.17, 15) is 14.4 Å². The fraction of sp³-hybridized carbons (Fsp3) is 0.250. The van der Waals surface area contributed by atoms with Crippen LogP contribution >= 0.6 is 27.3 Å². The Morgan fingerprint density at radius 1 is 1.45 bits per heavy atom. The van der Waals surface area contributed by atoms with Gasteiger partial charge < -0.3 is 16.2 Å². The predicted octanol–water partition coefficient (Wildman–Crippen LogP) is 1.36. The van der Waals surface area contributed by atoms with Gasteiger partial charge in [0.25, 0.3) is 0 Å². The summed E-state index contributed by atoms with van der Waals surface area (Å²) in [5, 5.41) is 11.2. The Kier molecular flexibility index (Phi) is 6.40. The second-order valence-electron chi connectivity index (χ2n) is 3.88. The monoisotopic (exact) mass is 360 g/mol. The highest BCUT2D eigenvalue weighted by Gasteiger charge is 2.19. The van der Waals surface area contributed by atoms with Gasteiger partial charge in [-0.05, 0) is 40.6 Å². The largest absolute Gasteiger partial charge is 0.480 e. The number of aliphatic carboxylic acids is 1. The Morgan fingerprint density at radius 3 is 2.65 bits per heavy atom. The smallest absolute Gasteiger partial charge is 0.326 e. The van der Waals surface area contributed by atoms with E-state index in [1.807, 2.05) is 12.1 Å². The first-order valence-corrected chi connectivity index (χ1v) is 7.24. The number of nitrogens with two attached hydrogens (primary N) is 1. The van der Waals surface area contributed by atoms with Gasteiger partial charge in [0.15, 0.2) is 0 Å². The van der Waals surface area contributed by atoms with E-state index in [0.29, 0.717) is 0 Å². The average molecular weight is 361 g/mol. The second-order valence-corrected chi connectivity index (χ2v) is 6.37. The third kappa shape index (κ3) is 5.98. The molecule has 0 bridgehead atoms. The van der Waals surface area contributed by atoms with Crippen LogP contribution in [0.3, 0.4) is 0 Å². The Hall–Kier alpha value is -1.67. The van der Waals surface area contributed by atoms with Crippen LogP contribution in [-0.2, 0) is 14.4 Å². The zero-order valence-corrected chi connectivity index (χ0v) is 12.7. The van der Waals surface area contributed by atoms with Crippen molar-refractivity contribution in [3.63, 3.8) is 0 Å². The van der Waals surface area contributed by atoms with Crippen molar-refractivity contribution >= 4 is 51.1 Å². The van der Waals surface area contributed by atoms with Gasteiger partial charge in [0.1, 0.15) is 6.04 Å². The molecule has 8 heteroatoms. The van der Waals surface area contributed by atoms with Crippen molar-refractivity contribution in [3.8, 4) is 0 Å². The van der Waals surface area contributed by atoms with E-state index in [2.05, 4.69) is 21.2 Å². The van der Waals surface area contributed by atoms with Crippen LogP contribution in [-0.4, -0.2) is 28.9 Å². The molecular weight excluding hydrogens is 348 g/mol. The number of carbonyl (C=O) groups is 3. The second kappa shape index (κ2) is 7.81. The Labute approximate surface area is 127 Å². The molecule has 0 saturated heterocycles. The number of amides is 2. The summed E-state index contributed by atoms with van der Waals surface area (Å²) < 4.78 is 0.933. The summed E-state index contributed by atoms with van der Waals surface area (Å²) in [6, 6.07) is 2.53. The van der Waals surface area contributed by atoms with Crippen molar-refractivity contribution in [2.75, 3.05) is 0 Å². The van der Waals surface area contributed by atoms with Gasteiger partial charge in [-0.3, -0.25) is 9.59 Å². The van der Waals surface area contributed by atoms with Crippen LogP contribution in [0.15, 0.2) is 22.0 Å². The van der Waals surface area contributed by atoms with Crippen LogP contribution in [0.4, 0.5) is 0 Å². The first-order valence-electron chi connectivity index (χ1n) is 5.63. The van der Waals surface area contributed by atoms with Gasteiger partial charge in [-0.2, -0.15) is 0 Å². The third-order valence-electron chi connectivity index (χ3n) is 2.29. The molecule has 1 atom stereocenters. The van der Waals surface area contributed by atoms with E-state index in [4.69, 9.17) is 10.8 Å². The van der Waals surface area contributed by atoms with E-state index >= 15 is 0 Å². The minimum atomic E-state index is -1.20. The Bertz CT molecular complexity index is 541. The molecule has 1 heterocycles. The van der Waals surface area contributed by atoms with Crippen LogP contribution in [0.5, 0.6) is 0 Å². The van der Waals surface area contributed by atoms with Gasteiger partial charge in [0, 0.05) is 17.4 Å². The summed E-state index contributed by atoms with van der Waals surface area (Å²) in [5.74, 6) is -2.34. The molecule has 0 spiro atoms. The molecular formula is C12H13BrN2O4S. The maximum atomic E-state index is 11.6. The van der Waals surface area contributed by atoms with E-state index in [1.54, 1.807) is 6.08 Å². The van der Waals surface area contributed by atoms with E-state index in [0.717, 1.165) is 8.66 Å². The van der Waals surface area contributed by atoms with Crippen LogP contribution < -0.4 is 11.1 Å². The molecule has 4 N–H and O–H groups in total. The lowest BCUT2D eigenvalue weighted by Gasteiger charge is -2.11. The molecule has 1 unspecified atom stereocenters. The molecule has 0 aliphatic rings. The van der Waals surface area contributed by atoms with Crippen LogP contribution in [0.1, 0.15) is 17.7 Å². The van der Waals surface area contributed by atoms with Gasteiger partial charge in [0.2, 0.25) is 11.8 Å². The first-order chi connectivity index (χ1) is 9.38. The first kappa shape index (κ1) is 16.4. The summed E-state index contributed by atoms with van der Waals surface area (Å²) in [6.45, 7) is 0. The number of primary amides is 1. The lowest BCUT2D eigenvalue weighted by Crippen LogP contribution is -2.40. The topological polar surface area (TPSA) is 109 Å². The molecule has 108 valence electrons. The van der Waals surface area contributed by atoms with Crippen molar-refractivity contribution in [1.29, 1.82) is 0 Å². The number of carboxylic acid groups (broad SMARTS) is 1. The highest BCUT2D eigenvalue weighted by molar-refractivity contribution is 9.11. The predicted molar refractivity (Wildman–Crippen MR) is 79.0 cm³/mol. The normalized spacial score (nSPS) is 12.2. The molecule has 0 radical (unpaired) electrons. The molecule has 0 aliphatic carbocycles. The Morgan fingerprint density at radius 2 is 2.15 bits per heavy atom. The van der Waals surface area contributed by atoms with Gasteiger partial charge in [0.05, 0.1) is 3.79 Å². The highest BCUT2D eigenvalue weighted by atomic mass is 79.9. The van der Waals surface area contributed by atoms with E-state index < -0.39 is 23.8 Å². The lowest BCUT2D eigenvalue weighted by atomic mass is 10.1. The maximum absolute atomic E-state index is 11.6. The summed E-state index contributed by atoms with van der Waals surface area (Å²) >= 11 is 4.74. The number of carbonyl (C=O) groups excluding carboxylic acids is 2. The number of halogens is 1. The van der Waals surface area contributed by atoms with Gasteiger partial charge in [-0.1, -0.05) is 0 Å². The zero-order valence-electron chi connectivity index (χ0n) is 10.3. The minimum Gasteiger partial charge on any atom is -0.480 e. The van der Waals surface area contributed by atoms with Crippen molar-refractivity contribution in [2.24, 2.45) is 5.73 Å². The molecule has 6 nitrogen and oxygen atoms in total. The number of hydrogen-bond acceptors (Lipinski definition) is 4. The molecule has 1 aromatic rings. The van der Waals surface area contributed by atoms with Gasteiger partial charge in [-0.15, -0.1) is 11.3 Å². The third-order valence-corrected chi connectivity index (χ3v) is 3.88. The number of carboxylic acids is 1. The van der Waals surface area contributed by atoms with Crippen molar-refractivity contribution in [3.05, 3.63) is 26.9 Å². The van der Waals surface area contributed by atoms with Crippen LogP contribution in [0.2, 0.25) is 0 Å². The Balaban J connectivity index is 2.55. The fourth-order valence-electron chi connectivity index (χ4n) is 1.34. The molecule has 0 aliphatic heterocycles. The van der Waals surface area contributed by atoms with Crippen LogP contribution in [0.25, 0.3) is 6.08 Å². The van der Waals surface area contributed by atoms with Gasteiger partial charge >= 0.3 is 5.97 Å². The van der Waals surface area contributed by atoms with Crippen molar-refractivity contribution in [2.45, 2.75) is 18.9 Å². The maximum Gasteiger partial charge on any atom is 0.326 e. The van der Waals surface area contributed by atoms with Crippen LogP contribution in [0, 0.1) is 0 Å². The summed E-state index contributed by atoms with van der Waals surface area (Å²) in [4.78, 5) is 34.0. The zero-order chi connectivity index (χ0) is 15.1. The molecule has 20 heavy (non-hydrogen) atoms. The van der Waals surface area contributed by atoms with E-state index in [1.165, 1.54) is 17.4 Å². The SMILES string of the molecule is NC(=O)CCC(NC(=O)/C=C/c1ccc(Br)s1)C(=O)O. The highest BCUT2D eigenvalue weighted by Crippen LogP contribution is 2.22. The summed E-state index contributed by atoms with van der Waals surface area (Å²) in [6.07, 6.45) is 2.70. The summed E-state index contributed by atoms with van der Waals surface area (Å²) in [7, 11) is 0. The van der Waals surface area contributed by atoms with Crippen molar-refractivity contribution < 1.29 is 19.5 Å².